The van der Waals surface area contributed by atoms with Gasteiger partial charge in [0.05, 0.1) is 33.9 Å². The summed E-state index contributed by atoms with van der Waals surface area (Å²) in [7, 11) is 1.60. The predicted octanol–water partition coefficient (Wildman–Crippen LogP) is 5.94. The highest BCUT2D eigenvalue weighted by molar-refractivity contribution is 7.99. The topological polar surface area (TPSA) is 95.9 Å². The maximum Gasteiger partial charge on any atom is 0.307 e. The number of carbonyl (C=O) groups excluding carboxylic acids is 2. The molecular formula is C29H30Cl2N2O5S. The van der Waals surface area contributed by atoms with Crippen molar-refractivity contribution in [2.75, 3.05) is 20.2 Å². The van der Waals surface area contributed by atoms with E-state index in [0.29, 0.717) is 48.7 Å². The second-order valence-corrected chi connectivity index (χ2v) is 11.2. The van der Waals surface area contributed by atoms with Crippen molar-refractivity contribution in [2.45, 2.75) is 41.5 Å². The first kappa shape index (κ1) is 29.2. The Morgan fingerprint density at radius 1 is 1.00 bits per heavy atom. The Labute approximate surface area is 242 Å². The molecule has 39 heavy (non-hydrogen) atoms. The lowest BCUT2D eigenvalue weighted by Gasteiger charge is -2.36. The monoisotopic (exact) mass is 588 g/mol. The highest BCUT2D eigenvalue weighted by atomic mass is 35.5. The van der Waals surface area contributed by atoms with Gasteiger partial charge in [0.1, 0.15) is 5.75 Å². The molecule has 0 saturated carbocycles. The van der Waals surface area contributed by atoms with E-state index in [1.54, 1.807) is 25.3 Å². The number of methoxy groups -OCH3 is 1. The van der Waals surface area contributed by atoms with Crippen molar-refractivity contribution in [1.29, 1.82) is 0 Å². The van der Waals surface area contributed by atoms with E-state index in [0.717, 1.165) is 9.79 Å². The SMILES string of the molecule is COc1ccccc1Sc1ccc(C=CC(=O)N(C(=O)[C@@H]2CC=CC[C@@H]2C(=O)O)C2CCNCC2)c(Cl)c1Cl. The Bertz CT molecular complexity index is 1290. The number of nitrogens with zero attached hydrogens (tertiary/aromatic N) is 1. The van der Waals surface area contributed by atoms with Gasteiger partial charge in [-0.1, -0.05) is 65.3 Å². The maximum absolute atomic E-state index is 13.7. The first-order chi connectivity index (χ1) is 18.8. The summed E-state index contributed by atoms with van der Waals surface area (Å²) in [5.74, 6) is -2.90. The average Bonchev–Trinajstić information content (AvgIpc) is 2.96. The zero-order chi connectivity index (χ0) is 27.9. The van der Waals surface area contributed by atoms with Crippen LogP contribution in [0, 0.1) is 11.8 Å². The van der Waals surface area contributed by atoms with Crippen molar-refractivity contribution < 1.29 is 24.2 Å². The van der Waals surface area contributed by atoms with E-state index in [4.69, 9.17) is 27.9 Å². The number of benzene rings is 2. The zero-order valence-electron chi connectivity index (χ0n) is 21.4. The van der Waals surface area contributed by atoms with E-state index >= 15 is 0 Å². The molecule has 2 aromatic carbocycles. The van der Waals surface area contributed by atoms with Gasteiger partial charge < -0.3 is 15.2 Å². The van der Waals surface area contributed by atoms with Crippen LogP contribution in [0.5, 0.6) is 5.75 Å². The van der Waals surface area contributed by atoms with Crippen LogP contribution >= 0.6 is 35.0 Å². The first-order valence-corrected chi connectivity index (χ1v) is 14.3. The minimum atomic E-state index is -1.03. The number of carboxylic acids is 1. The smallest absolute Gasteiger partial charge is 0.307 e. The first-order valence-electron chi connectivity index (χ1n) is 12.7. The molecule has 10 heteroatoms. The van der Waals surface area contributed by atoms with Gasteiger partial charge >= 0.3 is 5.97 Å². The highest BCUT2D eigenvalue weighted by Gasteiger charge is 2.40. The van der Waals surface area contributed by atoms with Crippen LogP contribution in [0.15, 0.2) is 64.4 Å². The number of para-hydroxylation sites is 1. The zero-order valence-corrected chi connectivity index (χ0v) is 23.8. The van der Waals surface area contributed by atoms with Crippen LogP contribution in [-0.2, 0) is 14.4 Å². The van der Waals surface area contributed by atoms with Gasteiger partial charge in [-0.3, -0.25) is 19.3 Å². The number of ether oxygens (including phenoxy) is 1. The molecule has 1 aliphatic heterocycles. The van der Waals surface area contributed by atoms with Crippen molar-refractivity contribution in [3.05, 3.63) is 70.2 Å². The third-order valence-corrected chi connectivity index (χ3v) is 9.11. The summed E-state index contributed by atoms with van der Waals surface area (Å²) in [6.07, 6.45) is 8.23. The number of amides is 2. The third kappa shape index (κ3) is 6.87. The minimum Gasteiger partial charge on any atom is -0.496 e. The van der Waals surface area contributed by atoms with Crippen molar-refractivity contribution in [3.63, 3.8) is 0 Å². The summed E-state index contributed by atoms with van der Waals surface area (Å²) >= 11 is 14.6. The Balaban J connectivity index is 1.57. The van der Waals surface area contributed by atoms with Crippen LogP contribution in [0.3, 0.4) is 0 Å². The summed E-state index contributed by atoms with van der Waals surface area (Å²) in [6, 6.07) is 10.8. The average molecular weight is 590 g/mol. The van der Waals surface area contributed by atoms with Gasteiger partial charge in [0.25, 0.3) is 5.91 Å². The van der Waals surface area contributed by atoms with Gasteiger partial charge in [0.2, 0.25) is 5.91 Å². The Morgan fingerprint density at radius 2 is 1.69 bits per heavy atom. The van der Waals surface area contributed by atoms with E-state index < -0.39 is 29.6 Å². The Kier molecular flexibility index (Phi) is 10.1. The summed E-state index contributed by atoms with van der Waals surface area (Å²) in [5.41, 5.74) is 0.529. The molecule has 1 heterocycles. The molecule has 0 unspecified atom stereocenters. The lowest BCUT2D eigenvalue weighted by atomic mass is 9.81. The van der Waals surface area contributed by atoms with Crippen LogP contribution < -0.4 is 10.1 Å². The molecule has 2 aromatic rings. The molecule has 0 bridgehead atoms. The fourth-order valence-corrected chi connectivity index (χ4v) is 6.42. The number of carbonyl (C=O) groups is 3. The quantitative estimate of drug-likeness (QED) is 0.291. The molecule has 1 saturated heterocycles. The van der Waals surface area contributed by atoms with Crippen LogP contribution in [0.2, 0.25) is 10.0 Å². The third-order valence-electron chi connectivity index (χ3n) is 6.99. The molecule has 0 radical (unpaired) electrons. The number of hydrogen-bond donors (Lipinski definition) is 2. The Hall–Kier alpha value is -2.78. The molecule has 2 amide bonds. The van der Waals surface area contributed by atoms with Crippen LogP contribution in [-0.4, -0.2) is 54.0 Å². The minimum absolute atomic E-state index is 0.267. The van der Waals surface area contributed by atoms with Crippen molar-refractivity contribution in [3.8, 4) is 5.75 Å². The maximum atomic E-state index is 13.7. The molecule has 206 valence electrons. The number of halogens is 2. The van der Waals surface area contributed by atoms with Gasteiger partial charge in [-0.2, -0.15) is 0 Å². The number of piperidine rings is 1. The molecule has 2 N–H and O–H groups in total. The highest BCUT2D eigenvalue weighted by Crippen LogP contribution is 2.42. The van der Waals surface area contributed by atoms with Crippen molar-refractivity contribution >= 4 is 58.8 Å². The normalized spacial score (nSPS) is 19.7. The molecule has 2 aliphatic rings. The molecule has 0 spiro atoms. The molecular weight excluding hydrogens is 559 g/mol. The van der Waals surface area contributed by atoms with Gasteiger partial charge in [0, 0.05) is 17.0 Å². The van der Waals surface area contributed by atoms with Crippen LogP contribution in [0.25, 0.3) is 6.08 Å². The largest absolute Gasteiger partial charge is 0.496 e. The second-order valence-electron chi connectivity index (χ2n) is 9.39. The van der Waals surface area contributed by atoms with Crippen molar-refractivity contribution in [2.24, 2.45) is 11.8 Å². The fourth-order valence-electron chi connectivity index (χ4n) is 4.89. The number of aliphatic carboxylic acids is 1. The summed E-state index contributed by atoms with van der Waals surface area (Å²) in [5, 5.41) is 13.6. The van der Waals surface area contributed by atoms with Crippen molar-refractivity contribution in [1.82, 2.24) is 10.2 Å². The van der Waals surface area contributed by atoms with E-state index in [1.807, 2.05) is 36.4 Å². The van der Waals surface area contributed by atoms with Gasteiger partial charge in [0.15, 0.2) is 0 Å². The van der Waals surface area contributed by atoms with E-state index in [-0.39, 0.29) is 17.5 Å². The van der Waals surface area contributed by atoms with Gasteiger partial charge in [-0.15, -0.1) is 0 Å². The number of hydrogen-bond acceptors (Lipinski definition) is 6. The predicted molar refractivity (Wildman–Crippen MR) is 153 cm³/mol. The van der Waals surface area contributed by atoms with Crippen LogP contribution in [0.1, 0.15) is 31.2 Å². The molecule has 4 rings (SSSR count). The summed E-state index contributed by atoms with van der Waals surface area (Å²) in [4.78, 5) is 41.9. The van der Waals surface area contributed by atoms with Gasteiger partial charge in [-0.25, -0.2) is 0 Å². The lowest BCUT2D eigenvalue weighted by Crippen LogP contribution is -2.52. The summed E-state index contributed by atoms with van der Waals surface area (Å²) < 4.78 is 5.41. The summed E-state index contributed by atoms with van der Waals surface area (Å²) in [6.45, 7) is 1.34. The molecule has 1 fully saturated rings. The number of carboxylic acid groups (broad SMARTS) is 1. The lowest BCUT2D eigenvalue weighted by molar-refractivity contribution is -0.156. The van der Waals surface area contributed by atoms with Crippen LogP contribution in [0.4, 0.5) is 0 Å². The Morgan fingerprint density at radius 3 is 2.38 bits per heavy atom. The van der Waals surface area contributed by atoms with Gasteiger partial charge in [-0.05, 0) is 68.6 Å². The van der Waals surface area contributed by atoms with E-state index in [9.17, 15) is 19.5 Å². The standard InChI is InChI=1S/C29H30Cl2N2O5S/c1-38-22-8-4-5-9-23(22)39-24-12-10-18(26(30)27(24)31)11-13-25(34)33(19-14-16-32-17-15-19)28(35)20-6-2-3-7-21(20)29(36)37/h2-5,8-13,19-21,32H,6-7,14-17H2,1H3,(H,36,37)/t20-,21+/m1/s1. The number of rotatable bonds is 8. The second kappa shape index (κ2) is 13.5. The number of allylic oxidation sites excluding steroid dienone is 2. The number of nitrogens with one attached hydrogen (secondary N) is 1. The molecule has 1 aliphatic carbocycles. The fraction of sp³-hybridized carbons (Fsp3) is 0.345. The molecule has 7 nitrogen and oxygen atoms in total. The van der Waals surface area contributed by atoms with E-state index in [2.05, 4.69) is 5.32 Å². The van der Waals surface area contributed by atoms with E-state index in [1.165, 1.54) is 22.7 Å². The molecule has 2 atom stereocenters. The molecule has 0 aromatic heterocycles. The number of imide groups is 1.